The fraction of sp³-hybridized carbons (Fsp3) is 0.417. The van der Waals surface area contributed by atoms with E-state index < -0.39 is 6.61 Å². The van der Waals surface area contributed by atoms with Crippen LogP contribution in [0.1, 0.15) is 12.8 Å². The van der Waals surface area contributed by atoms with E-state index in [2.05, 4.69) is 16.1 Å². The lowest BCUT2D eigenvalue weighted by atomic mass is 10.1. The molecule has 1 aliphatic rings. The van der Waals surface area contributed by atoms with Crippen LogP contribution in [-0.2, 0) is 0 Å². The second-order valence-corrected chi connectivity index (χ2v) is 3.73. The van der Waals surface area contributed by atoms with Crippen LogP contribution in [0.4, 0.5) is 14.5 Å². The maximum absolute atomic E-state index is 12.1. The summed E-state index contributed by atoms with van der Waals surface area (Å²) in [6.07, 6.45) is 4.33. The molecule has 0 aromatic heterocycles. The first-order valence-corrected chi connectivity index (χ1v) is 5.37. The molecule has 0 atom stereocenters. The first kappa shape index (κ1) is 11.2. The number of rotatable bonds is 3. The Morgan fingerprint density at radius 1 is 1.19 bits per heavy atom. The summed E-state index contributed by atoms with van der Waals surface area (Å²) in [4.78, 5) is 2.18. The lowest BCUT2D eigenvalue weighted by Gasteiger charge is -2.28. The van der Waals surface area contributed by atoms with Gasteiger partial charge >= 0.3 is 6.61 Å². The van der Waals surface area contributed by atoms with Crippen molar-refractivity contribution in [2.24, 2.45) is 0 Å². The number of piperidine rings is 1. The average molecular weight is 226 g/mol. The Kier molecular flexibility index (Phi) is 3.59. The fourth-order valence-corrected chi connectivity index (χ4v) is 1.86. The summed E-state index contributed by atoms with van der Waals surface area (Å²) in [5.41, 5.74) is 0.950. The Balaban J connectivity index is 2.08. The lowest BCUT2D eigenvalue weighted by molar-refractivity contribution is -0.0498. The van der Waals surface area contributed by atoms with Crippen molar-refractivity contribution in [2.45, 2.75) is 19.5 Å². The molecule has 1 fully saturated rings. The van der Waals surface area contributed by atoms with Crippen LogP contribution in [0.3, 0.4) is 0 Å². The van der Waals surface area contributed by atoms with Crippen molar-refractivity contribution in [2.75, 3.05) is 18.0 Å². The number of anilines is 1. The summed E-state index contributed by atoms with van der Waals surface area (Å²) in [7, 11) is 0. The molecule has 1 heterocycles. The van der Waals surface area contributed by atoms with E-state index in [1.54, 1.807) is 18.2 Å². The predicted octanol–water partition coefficient (Wildman–Crippen LogP) is 3.09. The molecule has 0 saturated carbocycles. The molecule has 1 radical (unpaired) electrons. The van der Waals surface area contributed by atoms with E-state index >= 15 is 0 Å². The van der Waals surface area contributed by atoms with Crippen molar-refractivity contribution in [1.82, 2.24) is 0 Å². The maximum Gasteiger partial charge on any atom is 0.387 e. The number of alkyl halides is 2. The van der Waals surface area contributed by atoms with Crippen LogP contribution in [0, 0.1) is 6.42 Å². The smallest absolute Gasteiger partial charge is 0.387 e. The van der Waals surface area contributed by atoms with Crippen LogP contribution in [0.2, 0.25) is 0 Å². The van der Waals surface area contributed by atoms with Crippen molar-refractivity contribution < 1.29 is 13.5 Å². The second-order valence-electron chi connectivity index (χ2n) is 3.73. The molecule has 2 rings (SSSR count). The van der Waals surface area contributed by atoms with Crippen LogP contribution in [-0.4, -0.2) is 19.7 Å². The molecule has 0 N–H and O–H groups in total. The summed E-state index contributed by atoms with van der Waals surface area (Å²) in [5, 5.41) is 0. The minimum absolute atomic E-state index is 0.224. The lowest BCUT2D eigenvalue weighted by Crippen LogP contribution is -2.29. The van der Waals surface area contributed by atoms with Crippen molar-refractivity contribution in [3.8, 4) is 5.75 Å². The van der Waals surface area contributed by atoms with Crippen LogP contribution in [0.15, 0.2) is 24.3 Å². The van der Waals surface area contributed by atoms with E-state index in [0.29, 0.717) is 0 Å². The number of hydrogen-bond acceptors (Lipinski definition) is 2. The molecule has 4 heteroatoms. The molecule has 1 saturated heterocycles. The van der Waals surface area contributed by atoms with E-state index in [4.69, 9.17) is 0 Å². The first-order chi connectivity index (χ1) is 7.75. The van der Waals surface area contributed by atoms with Gasteiger partial charge in [0.2, 0.25) is 0 Å². The molecule has 0 spiro atoms. The van der Waals surface area contributed by atoms with Gasteiger partial charge in [0.1, 0.15) is 5.75 Å². The third-order valence-electron chi connectivity index (χ3n) is 2.61. The Bertz CT molecular complexity index is 338. The fourth-order valence-electron chi connectivity index (χ4n) is 1.86. The average Bonchev–Trinajstić information content (AvgIpc) is 2.30. The molecule has 2 nitrogen and oxygen atoms in total. The van der Waals surface area contributed by atoms with Gasteiger partial charge in [0.15, 0.2) is 0 Å². The van der Waals surface area contributed by atoms with Crippen molar-refractivity contribution in [1.29, 1.82) is 0 Å². The minimum atomic E-state index is -2.76. The van der Waals surface area contributed by atoms with Crippen molar-refractivity contribution in [3.63, 3.8) is 0 Å². The van der Waals surface area contributed by atoms with Crippen LogP contribution >= 0.6 is 0 Å². The number of halogens is 2. The number of ether oxygens (including phenoxy) is 1. The molecule has 0 unspecified atom stereocenters. The van der Waals surface area contributed by atoms with Crippen molar-refractivity contribution >= 4 is 5.69 Å². The number of hydrogen-bond donors (Lipinski definition) is 0. The van der Waals surface area contributed by atoms with Gasteiger partial charge in [-0.1, -0.05) is 6.07 Å². The molecule has 0 amide bonds. The van der Waals surface area contributed by atoms with E-state index in [9.17, 15) is 8.78 Å². The van der Waals surface area contributed by atoms with E-state index in [0.717, 1.165) is 31.6 Å². The van der Waals surface area contributed by atoms with Gasteiger partial charge in [-0.25, -0.2) is 0 Å². The Morgan fingerprint density at radius 2 is 1.94 bits per heavy atom. The van der Waals surface area contributed by atoms with Gasteiger partial charge in [-0.2, -0.15) is 8.78 Å². The summed E-state index contributed by atoms with van der Waals surface area (Å²) < 4.78 is 28.5. The van der Waals surface area contributed by atoms with Gasteiger partial charge < -0.3 is 9.64 Å². The highest BCUT2D eigenvalue weighted by atomic mass is 19.3. The van der Waals surface area contributed by atoms with Gasteiger partial charge in [0, 0.05) is 24.8 Å². The van der Waals surface area contributed by atoms with Gasteiger partial charge in [0.05, 0.1) is 0 Å². The van der Waals surface area contributed by atoms with Crippen LogP contribution in [0.25, 0.3) is 0 Å². The number of nitrogens with zero attached hydrogens (tertiary/aromatic N) is 1. The highest BCUT2D eigenvalue weighted by molar-refractivity contribution is 5.51. The van der Waals surface area contributed by atoms with Crippen LogP contribution < -0.4 is 9.64 Å². The SMILES string of the molecule is FC(F)Oc1cccc(N2CC[CH]CC2)c1. The summed E-state index contributed by atoms with van der Waals surface area (Å²) >= 11 is 0. The van der Waals surface area contributed by atoms with E-state index in [-0.39, 0.29) is 5.75 Å². The second kappa shape index (κ2) is 5.14. The molecule has 1 aromatic rings. The normalized spacial score (nSPS) is 16.6. The molecule has 87 valence electrons. The largest absolute Gasteiger partial charge is 0.435 e. The van der Waals surface area contributed by atoms with Gasteiger partial charge in [-0.3, -0.25) is 0 Å². The quantitative estimate of drug-likeness (QED) is 0.785. The van der Waals surface area contributed by atoms with Gasteiger partial charge in [0.25, 0.3) is 0 Å². The Hall–Kier alpha value is -1.32. The monoisotopic (exact) mass is 226 g/mol. The topological polar surface area (TPSA) is 12.5 Å². The molecular weight excluding hydrogens is 212 g/mol. The third kappa shape index (κ3) is 2.84. The highest BCUT2D eigenvalue weighted by Gasteiger charge is 2.12. The molecule has 1 aromatic carbocycles. The first-order valence-electron chi connectivity index (χ1n) is 5.37. The standard InChI is InChI=1S/C12H14F2NO/c13-12(14)16-11-6-4-5-10(9-11)15-7-2-1-3-8-15/h1,4-6,9,12H,2-3,7-8H2. The molecule has 1 aliphatic heterocycles. The van der Waals surface area contributed by atoms with Gasteiger partial charge in [-0.15, -0.1) is 0 Å². The van der Waals surface area contributed by atoms with E-state index in [1.807, 2.05) is 6.07 Å². The van der Waals surface area contributed by atoms with E-state index in [1.165, 1.54) is 0 Å². The molecule has 16 heavy (non-hydrogen) atoms. The zero-order valence-electron chi connectivity index (χ0n) is 8.90. The third-order valence-corrected chi connectivity index (χ3v) is 2.61. The van der Waals surface area contributed by atoms with Gasteiger partial charge in [-0.05, 0) is 31.4 Å². The molecule has 0 bridgehead atoms. The van der Waals surface area contributed by atoms with Crippen LogP contribution in [0.5, 0.6) is 5.75 Å². The zero-order valence-corrected chi connectivity index (χ0v) is 8.90. The zero-order chi connectivity index (χ0) is 11.4. The summed E-state index contributed by atoms with van der Waals surface area (Å²) in [6.45, 7) is -0.874. The minimum Gasteiger partial charge on any atom is -0.435 e. The predicted molar refractivity (Wildman–Crippen MR) is 58.8 cm³/mol. The maximum atomic E-state index is 12.1. The highest BCUT2D eigenvalue weighted by Crippen LogP contribution is 2.24. The summed E-state index contributed by atoms with van der Waals surface area (Å²) in [6, 6.07) is 6.87. The molecular formula is C12H14F2NO. The Morgan fingerprint density at radius 3 is 2.62 bits per heavy atom. The van der Waals surface area contributed by atoms with Crippen molar-refractivity contribution in [3.05, 3.63) is 30.7 Å². The summed E-state index contributed by atoms with van der Waals surface area (Å²) in [5.74, 6) is 0.224. The molecule has 0 aliphatic carbocycles. The Labute approximate surface area is 93.8 Å². The number of benzene rings is 1.